The highest BCUT2D eigenvalue weighted by Crippen LogP contribution is 2.28. The maximum Gasteiger partial charge on any atom is 0.326 e. The van der Waals surface area contributed by atoms with Crippen molar-refractivity contribution in [2.24, 2.45) is 0 Å². The molecule has 0 aliphatic heterocycles. The molecule has 2 N–H and O–H groups in total. The maximum atomic E-state index is 12.0. The monoisotopic (exact) mass is 325 g/mol. The second kappa shape index (κ2) is 6.91. The molecule has 2 aromatic rings. The van der Waals surface area contributed by atoms with Crippen molar-refractivity contribution in [2.45, 2.75) is 32.2 Å². The summed E-state index contributed by atoms with van der Waals surface area (Å²) in [5.41, 5.74) is 0.871. The Labute approximate surface area is 131 Å². The van der Waals surface area contributed by atoms with Crippen molar-refractivity contribution in [3.63, 3.8) is 0 Å². The van der Waals surface area contributed by atoms with Crippen molar-refractivity contribution < 1.29 is 14.7 Å². The zero-order chi connectivity index (χ0) is 15.4. The van der Waals surface area contributed by atoms with E-state index >= 15 is 0 Å². The van der Waals surface area contributed by atoms with Crippen molar-refractivity contribution in [1.29, 1.82) is 0 Å². The van der Waals surface area contributed by atoms with E-state index in [-0.39, 0.29) is 12.3 Å². The van der Waals surface area contributed by atoms with Gasteiger partial charge >= 0.3 is 5.97 Å². The molecule has 0 fully saturated rings. The van der Waals surface area contributed by atoms with E-state index in [2.05, 4.69) is 5.32 Å². The maximum absolute atomic E-state index is 12.0. The van der Waals surface area contributed by atoms with Gasteiger partial charge in [-0.1, -0.05) is 24.9 Å². The lowest BCUT2D eigenvalue weighted by molar-refractivity contribution is -0.141. The Balaban J connectivity index is 2.10. The largest absolute Gasteiger partial charge is 0.480 e. The van der Waals surface area contributed by atoms with Crippen LogP contribution >= 0.6 is 22.9 Å². The molecule has 112 valence electrons. The van der Waals surface area contributed by atoms with Gasteiger partial charge in [-0.2, -0.15) is 0 Å². The molecule has 0 spiro atoms. The second-order valence-corrected chi connectivity index (χ2v) is 6.17. The van der Waals surface area contributed by atoms with Gasteiger partial charge in [-0.05, 0) is 40.9 Å². The number of hydrogen-bond acceptors (Lipinski definition) is 3. The van der Waals surface area contributed by atoms with Crippen LogP contribution in [0.2, 0.25) is 5.02 Å². The van der Waals surface area contributed by atoms with E-state index in [9.17, 15) is 9.59 Å². The number of carbonyl (C=O) groups is 2. The first kappa shape index (κ1) is 15.8. The van der Waals surface area contributed by atoms with Crippen LogP contribution in [0.3, 0.4) is 0 Å². The molecule has 1 aromatic heterocycles. The summed E-state index contributed by atoms with van der Waals surface area (Å²) in [6.07, 6.45) is 1.29. The smallest absolute Gasteiger partial charge is 0.326 e. The number of carbonyl (C=O) groups excluding carboxylic acids is 1. The highest BCUT2D eigenvalue weighted by molar-refractivity contribution is 7.17. The number of carboxylic acids is 1. The Morgan fingerprint density at radius 1 is 1.43 bits per heavy atom. The van der Waals surface area contributed by atoms with E-state index in [0.717, 1.165) is 15.6 Å². The molecule has 1 heterocycles. The normalized spacial score (nSPS) is 12.3. The van der Waals surface area contributed by atoms with Crippen LogP contribution in [-0.2, 0) is 16.0 Å². The minimum Gasteiger partial charge on any atom is -0.480 e. The highest BCUT2D eigenvalue weighted by Gasteiger charge is 2.19. The molecule has 1 aromatic carbocycles. The van der Waals surface area contributed by atoms with Gasteiger partial charge in [-0.15, -0.1) is 11.3 Å². The molecule has 0 bridgehead atoms. The van der Waals surface area contributed by atoms with Crippen molar-refractivity contribution in [2.75, 3.05) is 0 Å². The first-order valence-electron chi connectivity index (χ1n) is 6.69. The van der Waals surface area contributed by atoms with E-state index < -0.39 is 12.0 Å². The summed E-state index contributed by atoms with van der Waals surface area (Å²) in [7, 11) is 0. The lowest BCUT2D eigenvalue weighted by atomic mass is 10.1. The first-order valence-corrected chi connectivity index (χ1v) is 7.94. The number of fused-ring (bicyclic) bond motifs is 1. The standard InChI is InChI=1S/C15H16ClNO3S/c1-2-3-12(15(19)20)17-14(18)6-9-8-21-13-5-4-10(16)7-11(9)13/h4-5,7-8,12H,2-3,6H2,1H3,(H,17,18)(H,19,20). The van der Waals surface area contributed by atoms with Gasteiger partial charge in [0.1, 0.15) is 6.04 Å². The molecule has 0 radical (unpaired) electrons. The lowest BCUT2D eigenvalue weighted by Gasteiger charge is -2.13. The SMILES string of the molecule is CCCC(NC(=O)Cc1csc2ccc(Cl)cc12)C(=O)O. The van der Waals surface area contributed by atoms with E-state index in [1.54, 1.807) is 11.3 Å². The van der Waals surface area contributed by atoms with E-state index in [4.69, 9.17) is 16.7 Å². The minimum absolute atomic E-state index is 0.161. The molecular weight excluding hydrogens is 310 g/mol. The molecule has 0 saturated heterocycles. The van der Waals surface area contributed by atoms with Gasteiger partial charge in [0, 0.05) is 9.72 Å². The first-order chi connectivity index (χ1) is 10.0. The highest BCUT2D eigenvalue weighted by atomic mass is 35.5. The molecular formula is C15H16ClNO3S. The van der Waals surface area contributed by atoms with Crippen LogP contribution < -0.4 is 5.32 Å². The Bertz CT molecular complexity index is 668. The van der Waals surface area contributed by atoms with Crippen molar-refractivity contribution in [3.05, 3.63) is 34.2 Å². The average molecular weight is 326 g/mol. The molecule has 4 nitrogen and oxygen atoms in total. The second-order valence-electron chi connectivity index (χ2n) is 4.83. The van der Waals surface area contributed by atoms with Gasteiger partial charge < -0.3 is 10.4 Å². The van der Waals surface area contributed by atoms with Crippen molar-refractivity contribution in [3.8, 4) is 0 Å². The molecule has 1 unspecified atom stereocenters. The number of halogens is 1. The van der Waals surface area contributed by atoms with E-state index in [1.807, 2.05) is 30.5 Å². The summed E-state index contributed by atoms with van der Waals surface area (Å²) >= 11 is 7.52. The number of hydrogen-bond donors (Lipinski definition) is 2. The third-order valence-corrected chi connectivity index (χ3v) is 4.42. The van der Waals surface area contributed by atoms with Crippen LogP contribution in [0.5, 0.6) is 0 Å². The van der Waals surface area contributed by atoms with Crippen LogP contribution in [0, 0.1) is 0 Å². The minimum atomic E-state index is -0.997. The average Bonchev–Trinajstić information content (AvgIpc) is 2.80. The van der Waals surface area contributed by atoms with Crippen LogP contribution in [0.1, 0.15) is 25.3 Å². The van der Waals surface area contributed by atoms with Crippen molar-refractivity contribution in [1.82, 2.24) is 5.32 Å². The molecule has 0 saturated carbocycles. The summed E-state index contributed by atoms with van der Waals surface area (Å²) in [4.78, 5) is 23.1. The lowest BCUT2D eigenvalue weighted by Crippen LogP contribution is -2.41. The van der Waals surface area contributed by atoms with Crippen LogP contribution in [0.4, 0.5) is 0 Å². The van der Waals surface area contributed by atoms with Gasteiger partial charge in [0.15, 0.2) is 0 Å². The third-order valence-electron chi connectivity index (χ3n) is 3.18. The van der Waals surface area contributed by atoms with Crippen LogP contribution in [0.15, 0.2) is 23.6 Å². The summed E-state index contributed by atoms with van der Waals surface area (Å²) in [6.45, 7) is 1.89. The summed E-state index contributed by atoms with van der Waals surface area (Å²) in [6, 6.07) is 4.74. The van der Waals surface area contributed by atoms with Crippen LogP contribution in [0.25, 0.3) is 10.1 Å². The summed E-state index contributed by atoms with van der Waals surface area (Å²) < 4.78 is 1.06. The molecule has 6 heteroatoms. The summed E-state index contributed by atoms with van der Waals surface area (Å²) in [5, 5.41) is 15.1. The van der Waals surface area contributed by atoms with Gasteiger partial charge in [0.25, 0.3) is 0 Å². The van der Waals surface area contributed by atoms with E-state index in [1.165, 1.54) is 0 Å². The zero-order valence-corrected chi connectivity index (χ0v) is 13.1. The fourth-order valence-corrected chi connectivity index (χ4v) is 3.27. The molecule has 1 amide bonds. The fourth-order valence-electron chi connectivity index (χ4n) is 2.16. The quantitative estimate of drug-likeness (QED) is 0.854. The number of carboxylic acid groups (broad SMARTS) is 1. The van der Waals surface area contributed by atoms with Gasteiger partial charge in [-0.3, -0.25) is 4.79 Å². The third kappa shape index (κ3) is 3.95. The number of aliphatic carboxylic acids is 1. The molecule has 1 atom stereocenters. The van der Waals surface area contributed by atoms with E-state index in [0.29, 0.717) is 17.9 Å². The number of thiophene rings is 1. The predicted octanol–water partition coefficient (Wildman–Crippen LogP) is 3.47. The Morgan fingerprint density at radius 2 is 2.19 bits per heavy atom. The fraction of sp³-hybridized carbons (Fsp3) is 0.333. The molecule has 21 heavy (non-hydrogen) atoms. The van der Waals surface area contributed by atoms with Gasteiger partial charge in [0.05, 0.1) is 6.42 Å². The number of rotatable bonds is 6. The molecule has 0 aliphatic carbocycles. The van der Waals surface area contributed by atoms with Gasteiger partial charge in [0.2, 0.25) is 5.91 Å². The Morgan fingerprint density at radius 3 is 2.86 bits per heavy atom. The van der Waals surface area contributed by atoms with Gasteiger partial charge in [-0.25, -0.2) is 4.79 Å². The molecule has 0 aliphatic rings. The number of nitrogens with one attached hydrogen (secondary N) is 1. The zero-order valence-electron chi connectivity index (χ0n) is 11.6. The number of benzene rings is 1. The molecule has 2 rings (SSSR count). The number of amides is 1. The van der Waals surface area contributed by atoms with Crippen LogP contribution in [-0.4, -0.2) is 23.0 Å². The summed E-state index contributed by atoms with van der Waals surface area (Å²) in [5.74, 6) is -1.28. The predicted molar refractivity (Wildman–Crippen MR) is 85.0 cm³/mol. The van der Waals surface area contributed by atoms with Crippen molar-refractivity contribution >= 4 is 44.9 Å². The Kier molecular flexibility index (Phi) is 5.20. The topological polar surface area (TPSA) is 66.4 Å². The Hall–Kier alpha value is -1.59.